The second-order valence-corrected chi connectivity index (χ2v) is 11.3. The first-order valence-corrected chi connectivity index (χ1v) is 14.2. The molecule has 0 aromatic heterocycles. The van der Waals surface area contributed by atoms with E-state index in [2.05, 4.69) is 10.0 Å². The van der Waals surface area contributed by atoms with Crippen molar-refractivity contribution in [3.63, 3.8) is 0 Å². The number of amides is 1. The molecule has 194 valence electrons. The standard InChI is InChI=1S/C27H35N3O5S/c1-3-35-27(32)22-13-8-16-30(18-22)24-15-14-23(28-26(31)21-11-7-12-21)17-25(24)36(33,34)29-19(2)20-9-5-4-6-10-20/h4-6,9-10,14-15,17,19,21-22,29H,3,7-8,11-13,16,18H2,1-2H3,(H,28,31)/t19-,22-/m1/s1. The van der Waals surface area contributed by atoms with Crippen LogP contribution in [0.3, 0.4) is 0 Å². The van der Waals surface area contributed by atoms with Gasteiger partial charge in [0.15, 0.2) is 0 Å². The molecule has 0 unspecified atom stereocenters. The lowest BCUT2D eigenvalue weighted by Gasteiger charge is -2.34. The average Bonchev–Trinajstić information content (AvgIpc) is 2.83. The van der Waals surface area contributed by atoms with Gasteiger partial charge in [-0.3, -0.25) is 9.59 Å². The van der Waals surface area contributed by atoms with Gasteiger partial charge < -0.3 is 15.0 Å². The molecule has 1 heterocycles. The van der Waals surface area contributed by atoms with E-state index in [1.54, 1.807) is 26.0 Å². The maximum atomic E-state index is 13.7. The topological polar surface area (TPSA) is 105 Å². The van der Waals surface area contributed by atoms with Crippen molar-refractivity contribution in [1.82, 2.24) is 4.72 Å². The van der Waals surface area contributed by atoms with Crippen molar-refractivity contribution >= 4 is 33.3 Å². The number of hydrogen-bond acceptors (Lipinski definition) is 6. The third kappa shape index (κ3) is 6.07. The first kappa shape index (κ1) is 26.2. The third-order valence-corrected chi connectivity index (χ3v) is 8.58. The molecule has 9 heteroatoms. The van der Waals surface area contributed by atoms with Gasteiger partial charge in [-0.1, -0.05) is 36.8 Å². The highest BCUT2D eigenvalue weighted by Gasteiger charge is 2.32. The van der Waals surface area contributed by atoms with Crippen molar-refractivity contribution in [2.45, 2.75) is 56.9 Å². The summed E-state index contributed by atoms with van der Waals surface area (Å²) in [6, 6.07) is 13.9. The van der Waals surface area contributed by atoms with Crippen LogP contribution in [0, 0.1) is 11.8 Å². The van der Waals surface area contributed by atoms with Crippen molar-refractivity contribution in [1.29, 1.82) is 0 Å². The van der Waals surface area contributed by atoms with Gasteiger partial charge >= 0.3 is 5.97 Å². The summed E-state index contributed by atoms with van der Waals surface area (Å²) in [7, 11) is -3.96. The summed E-state index contributed by atoms with van der Waals surface area (Å²) in [5, 5.41) is 2.89. The number of carbonyl (C=O) groups is 2. The lowest BCUT2D eigenvalue weighted by molar-refractivity contribution is -0.148. The summed E-state index contributed by atoms with van der Waals surface area (Å²) in [5.41, 5.74) is 1.80. The molecule has 2 aromatic rings. The number of benzene rings is 2. The second kappa shape index (κ2) is 11.4. The number of ether oxygens (including phenoxy) is 1. The maximum absolute atomic E-state index is 13.7. The number of rotatable bonds is 9. The quantitative estimate of drug-likeness (QED) is 0.486. The number of esters is 1. The number of hydrogen-bond donors (Lipinski definition) is 2. The van der Waals surface area contributed by atoms with E-state index < -0.39 is 16.1 Å². The molecule has 1 aliphatic carbocycles. The molecule has 0 radical (unpaired) electrons. The third-order valence-electron chi connectivity index (χ3n) is 7.01. The summed E-state index contributed by atoms with van der Waals surface area (Å²) in [6.07, 6.45) is 4.20. The summed E-state index contributed by atoms with van der Waals surface area (Å²) in [6.45, 7) is 4.89. The first-order chi connectivity index (χ1) is 17.3. The Bertz CT molecular complexity index is 1180. The summed E-state index contributed by atoms with van der Waals surface area (Å²) >= 11 is 0. The number of piperidine rings is 1. The van der Waals surface area contributed by atoms with E-state index >= 15 is 0 Å². The predicted molar refractivity (Wildman–Crippen MR) is 139 cm³/mol. The number of nitrogens with zero attached hydrogens (tertiary/aromatic N) is 1. The zero-order chi connectivity index (χ0) is 25.7. The molecule has 1 saturated heterocycles. The Kier molecular flexibility index (Phi) is 8.31. The Morgan fingerprint density at radius 3 is 2.44 bits per heavy atom. The molecule has 2 aliphatic rings. The molecule has 0 spiro atoms. The van der Waals surface area contributed by atoms with Gasteiger partial charge in [-0.2, -0.15) is 0 Å². The molecule has 0 bridgehead atoms. The molecular formula is C27H35N3O5S. The van der Waals surface area contributed by atoms with Gasteiger partial charge in [0.1, 0.15) is 4.90 Å². The van der Waals surface area contributed by atoms with Gasteiger partial charge in [0.25, 0.3) is 0 Å². The minimum absolute atomic E-state index is 0.0200. The van der Waals surface area contributed by atoms with Crippen LogP contribution in [0.5, 0.6) is 0 Å². The van der Waals surface area contributed by atoms with E-state index in [1.807, 2.05) is 35.2 Å². The fourth-order valence-corrected chi connectivity index (χ4v) is 6.22. The molecule has 8 nitrogen and oxygen atoms in total. The van der Waals surface area contributed by atoms with Crippen LogP contribution in [-0.2, 0) is 24.3 Å². The Morgan fingerprint density at radius 2 is 1.78 bits per heavy atom. The highest BCUT2D eigenvalue weighted by Crippen LogP contribution is 2.34. The molecule has 2 N–H and O–H groups in total. The van der Waals surface area contributed by atoms with Gasteiger partial charge in [-0.25, -0.2) is 13.1 Å². The second-order valence-electron chi connectivity index (χ2n) is 9.59. The Morgan fingerprint density at radius 1 is 1.06 bits per heavy atom. The minimum atomic E-state index is -3.96. The van der Waals surface area contributed by atoms with Crippen molar-refractivity contribution in [3.8, 4) is 0 Å². The molecule has 1 amide bonds. The molecule has 1 aliphatic heterocycles. The largest absolute Gasteiger partial charge is 0.466 e. The number of sulfonamides is 1. The van der Waals surface area contributed by atoms with Crippen LogP contribution in [0.15, 0.2) is 53.4 Å². The van der Waals surface area contributed by atoms with Crippen LogP contribution in [0.1, 0.15) is 57.6 Å². The van der Waals surface area contributed by atoms with Gasteiger partial charge in [-0.05, 0) is 63.3 Å². The van der Waals surface area contributed by atoms with E-state index in [0.29, 0.717) is 37.5 Å². The van der Waals surface area contributed by atoms with Crippen molar-refractivity contribution in [2.24, 2.45) is 11.8 Å². The molecular weight excluding hydrogens is 478 g/mol. The van der Waals surface area contributed by atoms with Crippen LogP contribution >= 0.6 is 0 Å². The van der Waals surface area contributed by atoms with E-state index in [-0.39, 0.29) is 28.6 Å². The predicted octanol–water partition coefficient (Wildman–Crippen LogP) is 4.24. The number of carbonyl (C=O) groups excluding carboxylic acids is 2. The van der Waals surface area contributed by atoms with E-state index in [1.165, 1.54) is 6.07 Å². The lowest BCUT2D eigenvalue weighted by atomic mass is 9.85. The highest BCUT2D eigenvalue weighted by molar-refractivity contribution is 7.89. The number of anilines is 2. The van der Waals surface area contributed by atoms with Gasteiger partial charge in [0.2, 0.25) is 15.9 Å². The molecule has 1 saturated carbocycles. The van der Waals surface area contributed by atoms with Crippen LogP contribution in [0.25, 0.3) is 0 Å². The molecule has 2 aromatic carbocycles. The Labute approximate surface area is 213 Å². The zero-order valence-electron chi connectivity index (χ0n) is 20.9. The van der Waals surface area contributed by atoms with Crippen LogP contribution in [0.2, 0.25) is 0 Å². The molecule has 2 atom stereocenters. The smallest absolute Gasteiger partial charge is 0.310 e. The SMILES string of the molecule is CCOC(=O)[C@@H]1CCCN(c2ccc(NC(=O)C3CCC3)cc2S(=O)(=O)N[C@H](C)c2ccccc2)C1. The van der Waals surface area contributed by atoms with E-state index in [0.717, 1.165) is 31.2 Å². The normalized spacial score (nSPS) is 19.3. The summed E-state index contributed by atoms with van der Waals surface area (Å²) < 4.78 is 35.4. The monoisotopic (exact) mass is 513 g/mol. The summed E-state index contributed by atoms with van der Waals surface area (Å²) in [4.78, 5) is 27.0. The number of nitrogens with one attached hydrogen (secondary N) is 2. The van der Waals surface area contributed by atoms with Crippen molar-refractivity contribution < 1.29 is 22.7 Å². The fourth-order valence-electron chi connectivity index (χ4n) is 4.74. The Balaban J connectivity index is 1.64. The zero-order valence-corrected chi connectivity index (χ0v) is 21.7. The minimum Gasteiger partial charge on any atom is -0.466 e. The Hall–Kier alpha value is -2.91. The highest BCUT2D eigenvalue weighted by atomic mass is 32.2. The molecule has 36 heavy (non-hydrogen) atoms. The van der Waals surface area contributed by atoms with Gasteiger partial charge in [0.05, 0.1) is 18.2 Å². The van der Waals surface area contributed by atoms with Gasteiger partial charge in [-0.15, -0.1) is 0 Å². The molecule has 4 rings (SSSR count). The van der Waals surface area contributed by atoms with E-state index in [9.17, 15) is 18.0 Å². The first-order valence-electron chi connectivity index (χ1n) is 12.7. The van der Waals surface area contributed by atoms with Gasteiger partial charge in [0, 0.05) is 30.7 Å². The van der Waals surface area contributed by atoms with Crippen LogP contribution in [0.4, 0.5) is 11.4 Å². The fraction of sp³-hybridized carbons (Fsp3) is 0.481. The van der Waals surface area contributed by atoms with E-state index in [4.69, 9.17) is 4.74 Å². The summed E-state index contributed by atoms with van der Waals surface area (Å²) in [5.74, 6) is -0.674. The van der Waals surface area contributed by atoms with Crippen molar-refractivity contribution in [2.75, 3.05) is 29.9 Å². The van der Waals surface area contributed by atoms with Crippen LogP contribution in [-0.4, -0.2) is 40.0 Å². The lowest BCUT2D eigenvalue weighted by Crippen LogP contribution is -2.40. The average molecular weight is 514 g/mol. The molecule has 2 fully saturated rings. The van der Waals surface area contributed by atoms with Crippen molar-refractivity contribution in [3.05, 3.63) is 54.1 Å². The van der Waals surface area contributed by atoms with Crippen LogP contribution < -0.4 is 14.9 Å². The maximum Gasteiger partial charge on any atom is 0.310 e.